The minimum Gasteiger partial charge on any atom is -0.380 e. The summed E-state index contributed by atoms with van der Waals surface area (Å²) >= 11 is 0. The van der Waals surface area contributed by atoms with Crippen LogP contribution in [0.5, 0.6) is 0 Å². The highest BCUT2D eigenvalue weighted by Gasteiger charge is 2.31. The molecule has 0 saturated carbocycles. The third-order valence-electron chi connectivity index (χ3n) is 4.17. The number of hydrogen-bond acceptors (Lipinski definition) is 4. The van der Waals surface area contributed by atoms with Gasteiger partial charge in [0.05, 0.1) is 6.61 Å². The van der Waals surface area contributed by atoms with E-state index < -0.39 is 10.0 Å². The Labute approximate surface area is 123 Å². The number of rotatable bonds is 5. The summed E-state index contributed by atoms with van der Waals surface area (Å²) in [7, 11) is -3.24. The molecule has 0 aromatic heterocycles. The maximum Gasteiger partial charge on any atom is 0.217 e. The van der Waals surface area contributed by atoms with Gasteiger partial charge in [-0.25, -0.2) is 13.1 Å². The Morgan fingerprint density at radius 1 is 1.30 bits per heavy atom. The molecule has 0 aliphatic carbocycles. The van der Waals surface area contributed by atoms with Gasteiger partial charge in [-0.3, -0.25) is 0 Å². The third kappa shape index (κ3) is 4.41. The summed E-state index contributed by atoms with van der Waals surface area (Å²) in [6.45, 7) is 10.3. The van der Waals surface area contributed by atoms with Crippen LogP contribution in [0.4, 0.5) is 0 Å². The van der Waals surface area contributed by atoms with E-state index in [0.717, 1.165) is 19.6 Å². The van der Waals surface area contributed by atoms with Crippen molar-refractivity contribution in [1.29, 1.82) is 0 Å². The molecule has 0 aromatic rings. The van der Waals surface area contributed by atoms with Gasteiger partial charge >= 0.3 is 0 Å². The monoisotopic (exact) mass is 304 g/mol. The molecule has 1 N–H and O–H groups in total. The fourth-order valence-electron chi connectivity index (χ4n) is 3.50. The van der Waals surface area contributed by atoms with Gasteiger partial charge in [-0.05, 0) is 31.6 Å². The minimum absolute atomic E-state index is 0.0434. The Balaban J connectivity index is 1.84. The summed E-state index contributed by atoms with van der Waals surface area (Å²) < 4.78 is 32.4. The molecule has 118 valence electrons. The van der Waals surface area contributed by atoms with Gasteiger partial charge in [0.15, 0.2) is 0 Å². The second-order valence-corrected chi connectivity index (χ2v) is 8.71. The lowest BCUT2D eigenvalue weighted by molar-refractivity contribution is 0.134. The molecule has 2 aliphatic heterocycles. The van der Waals surface area contributed by atoms with Gasteiger partial charge in [-0.1, -0.05) is 13.8 Å². The van der Waals surface area contributed by atoms with Crippen LogP contribution in [0.25, 0.3) is 0 Å². The average Bonchev–Trinajstić information content (AvgIpc) is 2.79. The topological polar surface area (TPSA) is 58.6 Å². The van der Waals surface area contributed by atoms with Crippen LogP contribution in [0.15, 0.2) is 0 Å². The van der Waals surface area contributed by atoms with Crippen LogP contribution in [0.2, 0.25) is 0 Å². The molecule has 4 unspecified atom stereocenters. The highest BCUT2D eigenvalue weighted by atomic mass is 32.2. The molecular weight excluding hydrogens is 276 g/mol. The summed E-state index contributed by atoms with van der Waals surface area (Å²) in [5.41, 5.74) is 0. The van der Waals surface area contributed by atoms with Crippen molar-refractivity contribution in [3.63, 3.8) is 0 Å². The molecular formula is C14H28N2O3S. The molecule has 0 amide bonds. The molecule has 20 heavy (non-hydrogen) atoms. The largest absolute Gasteiger partial charge is 0.380 e. The molecule has 2 heterocycles. The van der Waals surface area contributed by atoms with Crippen LogP contribution in [-0.4, -0.2) is 57.5 Å². The van der Waals surface area contributed by atoms with Crippen molar-refractivity contribution in [2.75, 3.05) is 32.8 Å². The average molecular weight is 304 g/mol. The SMILES string of the molecule is CC1CC(C)CN(CC(C)NS(=O)(=O)C2CCOC2)C1. The van der Waals surface area contributed by atoms with E-state index in [1.165, 1.54) is 6.42 Å². The number of nitrogens with one attached hydrogen (secondary N) is 1. The lowest BCUT2D eigenvalue weighted by atomic mass is 9.92. The van der Waals surface area contributed by atoms with Crippen LogP contribution in [0.3, 0.4) is 0 Å². The van der Waals surface area contributed by atoms with E-state index in [0.29, 0.717) is 31.5 Å². The number of nitrogens with zero attached hydrogens (tertiary/aromatic N) is 1. The zero-order chi connectivity index (χ0) is 14.8. The minimum atomic E-state index is -3.24. The number of piperidine rings is 1. The summed E-state index contributed by atoms with van der Waals surface area (Å²) in [6.07, 6.45) is 1.88. The molecule has 2 rings (SSSR count). The van der Waals surface area contributed by atoms with Crippen molar-refractivity contribution in [3.8, 4) is 0 Å². The van der Waals surface area contributed by atoms with Gasteiger partial charge in [-0.2, -0.15) is 0 Å². The molecule has 4 atom stereocenters. The number of likely N-dealkylation sites (tertiary alicyclic amines) is 1. The fourth-order valence-corrected chi connectivity index (χ4v) is 5.01. The van der Waals surface area contributed by atoms with Gasteiger partial charge in [0, 0.05) is 32.3 Å². The first-order chi connectivity index (χ1) is 9.37. The van der Waals surface area contributed by atoms with Crippen molar-refractivity contribution in [2.24, 2.45) is 11.8 Å². The van der Waals surface area contributed by atoms with Crippen LogP contribution in [0, 0.1) is 11.8 Å². The Morgan fingerprint density at radius 2 is 1.95 bits per heavy atom. The Kier molecular flexibility index (Phi) is 5.45. The van der Waals surface area contributed by atoms with Gasteiger partial charge in [0.1, 0.15) is 5.25 Å². The lowest BCUT2D eigenvalue weighted by Gasteiger charge is -2.36. The highest BCUT2D eigenvalue weighted by molar-refractivity contribution is 7.90. The van der Waals surface area contributed by atoms with Gasteiger partial charge < -0.3 is 9.64 Å². The van der Waals surface area contributed by atoms with E-state index in [4.69, 9.17) is 4.74 Å². The third-order valence-corrected chi connectivity index (χ3v) is 6.15. The normalized spacial score (nSPS) is 34.2. The fraction of sp³-hybridized carbons (Fsp3) is 1.00. The predicted octanol–water partition coefficient (Wildman–Crippen LogP) is 1.06. The molecule has 5 nitrogen and oxygen atoms in total. The van der Waals surface area contributed by atoms with Gasteiger partial charge in [0.25, 0.3) is 0 Å². The van der Waals surface area contributed by atoms with Crippen LogP contribution in [0.1, 0.15) is 33.6 Å². The number of hydrogen-bond donors (Lipinski definition) is 1. The highest BCUT2D eigenvalue weighted by Crippen LogP contribution is 2.21. The summed E-state index contributed by atoms with van der Waals surface area (Å²) in [6, 6.07) is -0.0434. The standard InChI is InChI=1S/C14H28N2O3S/c1-11-6-12(2)8-16(7-11)9-13(3)15-20(17,18)14-4-5-19-10-14/h11-15H,4-10H2,1-3H3. The zero-order valence-electron chi connectivity index (χ0n) is 12.8. The number of ether oxygens (including phenoxy) is 1. The predicted molar refractivity (Wildman–Crippen MR) is 80.1 cm³/mol. The second-order valence-electron chi connectivity index (χ2n) is 6.71. The second kappa shape index (κ2) is 6.73. The molecule has 2 saturated heterocycles. The van der Waals surface area contributed by atoms with E-state index in [9.17, 15) is 8.42 Å². The lowest BCUT2D eigenvalue weighted by Crippen LogP contribution is -2.48. The number of sulfonamides is 1. The van der Waals surface area contributed by atoms with Crippen molar-refractivity contribution < 1.29 is 13.2 Å². The molecule has 0 aromatic carbocycles. The van der Waals surface area contributed by atoms with E-state index in [-0.39, 0.29) is 11.3 Å². The molecule has 6 heteroatoms. The Morgan fingerprint density at radius 3 is 2.50 bits per heavy atom. The van der Waals surface area contributed by atoms with Crippen LogP contribution in [-0.2, 0) is 14.8 Å². The van der Waals surface area contributed by atoms with Gasteiger partial charge in [-0.15, -0.1) is 0 Å². The molecule has 0 radical (unpaired) electrons. The quantitative estimate of drug-likeness (QED) is 0.825. The molecule has 0 spiro atoms. The van der Waals surface area contributed by atoms with Crippen molar-refractivity contribution in [2.45, 2.75) is 44.9 Å². The molecule has 2 aliphatic rings. The van der Waals surface area contributed by atoms with E-state index in [1.54, 1.807) is 0 Å². The summed E-state index contributed by atoms with van der Waals surface area (Å²) in [4.78, 5) is 2.39. The Bertz CT molecular complexity index is 397. The van der Waals surface area contributed by atoms with E-state index in [1.807, 2.05) is 6.92 Å². The van der Waals surface area contributed by atoms with Crippen molar-refractivity contribution >= 4 is 10.0 Å². The van der Waals surface area contributed by atoms with Gasteiger partial charge in [0.2, 0.25) is 10.0 Å². The first kappa shape index (κ1) is 16.2. The summed E-state index contributed by atoms with van der Waals surface area (Å²) in [5, 5.41) is -0.371. The summed E-state index contributed by atoms with van der Waals surface area (Å²) in [5.74, 6) is 1.40. The Hall–Kier alpha value is -0.170. The van der Waals surface area contributed by atoms with E-state index >= 15 is 0 Å². The van der Waals surface area contributed by atoms with Crippen LogP contribution >= 0.6 is 0 Å². The van der Waals surface area contributed by atoms with Crippen LogP contribution < -0.4 is 4.72 Å². The van der Waals surface area contributed by atoms with Crippen molar-refractivity contribution in [1.82, 2.24) is 9.62 Å². The first-order valence-electron chi connectivity index (χ1n) is 7.68. The maximum atomic E-state index is 12.2. The smallest absolute Gasteiger partial charge is 0.217 e. The van der Waals surface area contributed by atoms with E-state index in [2.05, 4.69) is 23.5 Å². The first-order valence-corrected chi connectivity index (χ1v) is 9.22. The van der Waals surface area contributed by atoms with Crippen molar-refractivity contribution in [3.05, 3.63) is 0 Å². The zero-order valence-corrected chi connectivity index (χ0v) is 13.7. The molecule has 2 fully saturated rings. The maximum absolute atomic E-state index is 12.2. The molecule has 0 bridgehead atoms.